The minimum atomic E-state index is -0.262. The van der Waals surface area contributed by atoms with Crippen molar-refractivity contribution in [2.75, 3.05) is 10.2 Å². The number of thiazole rings is 1. The molecule has 0 saturated heterocycles. The topological polar surface area (TPSA) is 73.3 Å². The van der Waals surface area contributed by atoms with E-state index < -0.39 is 0 Å². The smallest absolute Gasteiger partial charge is 0.227 e. The lowest BCUT2D eigenvalue weighted by molar-refractivity contribution is 0.260. The van der Waals surface area contributed by atoms with Gasteiger partial charge in [-0.05, 0) is 179 Å². The fraction of sp³-hybridized carbons (Fsp3) is 0.0105. The van der Waals surface area contributed by atoms with Crippen molar-refractivity contribution >= 4 is 184 Å². The Bertz CT molecular complexity index is 7360. The second kappa shape index (κ2) is 23.2. The molecule has 0 fully saturated rings. The average Bonchev–Trinajstić information content (AvgIpc) is 1.52. The number of hydrogen-bond donors (Lipinski definition) is 1. The highest BCUT2D eigenvalue weighted by atomic mass is 32.1. The second-order valence-corrected chi connectivity index (χ2v) is 30.7. The van der Waals surface area contributed by atoms with Crippen LogP contribution in [0.1, 0.15) is 11.8 Å². The van der Waals surface area contributed by atoms with E-state index in [1.807, 2.05) is 40.9 Å². The standard InChI is InChI=1S/C95H56N6O2S3/c1-2-16-66-65(15-1)71(95-98-77-23-9-14-28-87(77)106-95)46-47-81(66)99(61-38-29-55(30-39-61)58-37-49-85-74(51-58)67-17-7-13-27-84(67)104-85)64-44-50-86-75(54-64)68-45-35-60(53-88(68)105-86)59-36-48-83-78(52-59)97-94(103-83)57-33-42-63(43-34-57)101-80-25-11-6-21-73(80)90-89-72-20-5-10-24-79(72)100(91(89)69-18-3-4-19-70(69)92(90)101)62-40-31-56(32-41-62)93-96-76-22-8-12-26-82(76)102-93/h1-54,93,96H. The minimum Gasteiger partial charge on any atom is -0.464 e. The molecular formula is C95H56N6O2S3. The third-order valence-electron chi connectivity index (χ3n) is 21.6. The number of anilines is 4. The van der Waals surface area contributed by atoms with Crippen LogP contribution in [0.5, 0.6) is 5.75 Å². The number of thiophene rings is 2. The van der Waals surface area contributed by atoms with Gasteiger partial charge in [0.25, 0.3) is 0 Å². The predicted octanol–water partition coefficient (Wildman–Crippen LogP) is 27.3. The SMILES string of the molecule is c1ccc2c(c1)NC(c1ccc(-n3c4ccccc4c4c5c6ccccc6n(-c6ccc(-c7nc8cc(-c9ccc%10c(c9)sc9ccc(N(c%11ccc(-c%12ccc%13sc%14ccccc%14c%13c%12)cc%11)c%11ccc(-c%12nc%13ccccc%13s%12)c%12ccccc%11%12)cc9%10)ccc8o7)cc6)c5c5ccccc5c43)cc1)O2. The Morgan fingerprint density at radius 3 is 1.64 bits per heavy atom. The predicted molar refractivity (Wildman–Crippen MR) is 447 cm³/mol. The van der Waals surface area contributed by atoms with Crippen molar-refractivity contribution in [3.05, 3.63) is 333 Å². The summed E-state index contributed by atoms with van der Waals surface area (Å²) in [5, 5.41) is 19.1. The van der Waals surface area contributed by atoms with E-state index in [0.717, 1.165) is 111 Å². The number of nitrogens with one attached hydrogen (secondary N) is 1. The van der Waals surface area contributed by atoms with Gasteiger partial charge in [-0.1, -0.05) is 176 Å². The van der Waals surface area contributed by atoms with E-state index in [9.17, 15) is 0 Å². The summed E-state index contributed by atoms with van der Waals surface area (Å²) in [5.41, 5.74) is 21.3. The first-order chi connectivity index (χ1) is 52.5. The number of fused-ring (bicyclic) bond motifs is 20. The van der Waals surface area contributed by atoms with Crippen LogP contribution in [0, 0.1) is 0 Å². The molecule has 16 aromatic carbocycles. The normalized spacial score (nSPS) is 13.2. The van der Waals surface area contributed by atoms with Gasteiger partial charge in [0.1, 0.15) is 16.3 Å². The van der Waals surface area contributed by atoms with Crippen LogP contribution in [0.3, 0.4) is 0 Å². The fourth-order valence-corrected chi connectivity index (χ4v) is 19.9. The molecule has 6 aromatic heterocycles. The van der Waals surface area contributed by atoms with Crippen LogP contribution in [-0.4, -0.2) is 19.1 Å². The lowest BCUT2D eigenvalue weighted by Crippen LogP contribution is -2.10. The van der Waals surface area contributed by atoms with Crippen LogP contribution in [0.15, 0.2) is 332 Å². The molecule has 1 aliphatic heterocycles. The number of rotatable bonds is 10. The average molecular weight is 1410 g/mol. The highest BCUT2D eigenvalue weighted by Crippen LogP contribution is 2.51. The first-order valence-corrected chi connectivity index (χ1v) is 38.1. The number of para-hydroxylation sites is 5. The Balaban J connectivity index is 0.582. The zero-order chi connectivity index (χ0) is 69.2. The van der Waals surface area contributed by atoms with Crippen molar-refractivity contribution in [3.63, 3.8) is 0 Å². The van der Waals surface area contributed by atoms with Crippen molar-refractivity contribution in [2.24, 2.45) is 0 Å². The monoisotopic (exact) mass is 1410 g/mol. The molecule has 496 valence electrons. The van der Waals surface area contributed by atoms with E-state index in [4.69, 9.17) is 19.1 Å². The number of ether oxygens (including phenoxy) is 1. The largest absolute Gasteiger partial charge is 0.464 e. The summed E-state index contributed by atoms with van der Waals surface area (Å²) in [4.78, 5) is 12.8. The van der Waals surface area contributed by atoms with Gasteiger partial charge in [-0.15, -0.1) is 34.0 Å². The number of aromatic nitrogens is 4. The van der Waals surface area contributed by atoms with Gasteiger partial charge in [0.15, 0.2) is 11.8 Å². The summed E-state index contributed by atoms with van der Waals surface area (Å²) in [5.74, 6) is 1.45. The Labute approximate surface area is 618 Å². The van der Waals surface area contributed by atoms with E-state index in [1.165, 1.54) is 99.5 Å². The molecule has 11 heteroatoms. The molecule has 8 nitrogen and oxygen atoms in total. The zero-order valence-corrected chi connectivity index (χ0v) is 59.0. The molecule has 106 heavy (non-hydrogen) atoms. The number of benzene rings is 16. The zero-order valence-electron chi connectivity index (χ0n) is 56.5. The van der Waals surface area contributed by atoms with E-state index in [-0.39, 0.29) is 6.23 Å². The molecule has 7 heterocycles. The van der Waals surface area contributed by atoms with Crippen LogP contribution in [0.2, 0.25) is 0 Å². The Morgan fingerprint density at radius 1 is 0.349 bits per heavy atom. The van der Waals surface area contributed by atoms with Crippen molar-refractivity contribution in [3.8, 4) is 61.4 Å². The molecular weight excluding hydrogens is 1350 g/mol. The first kappa shape index (κ1) is 59.4. The summed E-state index contributed by atoms with van der Waals surface area (Å²) in [6, 6.07) is 119. The summed E-state index contributed by atoms with van der Waals surface area (Å²) >= 11 is 5.43. The molecule has 0 spiro atoms. The molecule has 0 bridgehead atoms. The maximum absolute atomic E-state index is 6.63. The molecule has 0 amide bonds. The summed E-state index contributed by atoms with van der Waals surface area (Å²) in [6.07, 6.45) is -0.262. The fourth-order valence-electron chi connectivity index (χ4n) is 16.7. The maximum Gasteiger partial charge on any atom is 0.227 e. The first-order valence-electron chi connectivity index (χ1n) is 35.7. The van der Waals surface area contributed by atoms with Crippen molar-refractivity contribution < 1.29 is 9.15 Å². The summed E-state index contributed by atoms with van der Waals surface area (Å²) in [7, 11) is 0. The summed E-state index contributed by atoms with van der Waals surface area (Å²) < 4.78 is 24.1. The van der Waals surface area contributed by atoms with Crippen molar-refractivity contribution in [2.45, 2.75) is 6.23 Å². The molecule has 0 saturated carbocycles. The minimum absolute atomic E-state index is 0.262. The molecule has 1 atom stereocenters. The van der Waals surface area contributed by atoms with E-state index in [1.54, 1.807) is 11.3 Å². The molecule has 23 rings (SSSR count). The number of nitrogens with zero attached hydrogens (tertiary/aromatic N) is 5. The molecule has 1 unspecified atom stereocenters. The number of hydrogen-bond acceptors (Lipinski definition) is 9. The van der Waals surface area contributed by atoms with Crippen LogP contribution >= 0.6 is 34.0 Å². The van der Waals surface area contributed by atoms with Crippen LogP contribution in [0.4, 0.5) is 22.7 Å². The van der Waals surface area contributed by atoms with Gasteiger partial charge in [-0.2, -0.15) is 0 Å². The lowest BCUT2D eigenvalue weighted by atomic mass is 9.99. The van der Waals surface area contributed by atoms with Crippen molar-refractivity contribution in [1.29, 1.82) is 0 Å². The highest BCUT2D eigenvalue weighted by Gasteiger charge is 2.28. The van der Waals surface area contributed by atoms with E-state index in [0.29, 0.717) is 5.89 Å². The Hall–Kier alpha value is -13.2. The third-order valence-corrected chi connectivity index (χ3v) is 25.0. The molecule has 22 aromatic rings. The molecule has 0 radical (unpaired) electrons. The lowest BCUT2D eigenvalue weighted by Gasteiger charge is -2.27. The highest BCUT2D eigenvalue weighted by molar-refractivity contribution is 7.26. The van der Waals surface area contributed by atoms with Gasteiger partial charge in [-0.3, -0.25) is 0 Å². The quantitative estimate of drug-likeness (QED) is 0.147. The Morgan fingerprint density at radius 2 is 0.896 bits per heavy atom. The van der Waals surface area contributed by atoms with Gasteiger partial charge in [0, 0.05) is 117 Å². The maximum atomic E-state index is 6.63. The van der Waals surface area contributed by atoms with E-state index in [2.05, 4.69) is 329 Å². The van der Waals surface area contributed by atoms with E-state index >= 15 is 0 Å². The molecule has 1 aliphatic rings. The van der Waals surface area contributed by atoms with Crippen molar-refractivity contribution in [1.82, 2.24) is 19.1 Å². The third kappa shape index (κ3) is 9.17. The number of oxazole rings is 1. The Kier molecular flexibility index (Phi) is 13.0. The molecule has 0 aliphatic carbocycles. The van der Waals surface area contributed by atoms with Crippen LogP contribution in [-0.2, 0) is 0 Å². The van der Waals surface area contributed by atoms with Crippen LogP contribution < -0.4 is 15.0 Å². The van der Waals surface area contributed by atoms with Gasteiger partial charge < -0.3 is 28.5 Å². The van der Waals surface area contributed by atoms with Crippen LogP contribution in [0.25, 0.3) is 182 Å². The van der Waals surface area contributed by atoms with Gasteiger partial charge in [-0.25, -0.2) is 9.97 Å². The second-order valence-electron chi connectivity index (χ2n) is 27.5. The molecule has 1 N–H and O–H groups in total. The van der Waals surface area contributed by atoms with Gasteiger partial charge in [0.05, 0.1) is 43.7 Å². The van der Waals surface area contributed by atoms with Gasteiger partial charge >= 0.3 is 0 Å². The summed E-state index contributed by atoms with van der Waals surface area (Å²) in [6.45, 7) is 0. The van der Waals surface area contributed by atoms with Gasteiger partial charge in [0.2, 0.25) is 5.89 Å².